The highest BCUT2D eigenvalue weighted by Gasteiger charge is 2.41. The number of hydrogen-bond acceptors (Lipinski definition) is 4. The lowest BCUT2D eigenvalue weighted by molar-refractivity contribution is -0.122. The molecular formula is C28H27N3O4. The highest BCUT2D eigenvalue weighted by atomic mass is 16.5. The van der Waals surface area contributed by atoms with Gasteiger partial charge < -0.3 is 19.9 Å². The Bertz CT molecular complexity index is 1250. The molecule has 7 heteroatoms. The molecule has 3 aromatic carbocycles. The molecule has 0 unspecified atom stereocenters. The van der Waals surface area contributed by atoms with Crippen molar-refractivity contribution in [2.75, 3.05) is 18.6 Å². The van der Waals surface area contributed by atoms with Gasteiger partial charge in [0.1, 0.15) is 11.8 Å². The van der Waals surface area contributed by atoms with E-state index in [1.54, 1.807) is 35.1 Å². The van der Waals surface area contributed by atoms with E-state index < -0.39 is 6.04 Å². The number of carbonyl (C=O) groups is 3. The minimum Gasteiger partial charge on any atom is -0.497 e. The third kappa shape index (κ3) is 4.49. The van der Waals surface area contributed by atoms with E-state index in [0.29, 0.717) is 42.9 Å². The molecule has 2 aliphatic heterocycles. The van der Waals surface area contributed by atoms with Crippen LogP contribution in [0.5, 0.6) is 5.75 Å². The number of nitrogens with one attached hydrogen (secondary N) is 1. The maximum absolute atomic E-state index is 13.4. The summed E-state index contributed by atoms with van der Waals surface area (Å²) in [5, 5.41) is 2.92. The number of carbonyl (C=O) groups excluding carboxylic acids is 3. The number of benzene rings is 3. The van der Waals surface area contributed by atoms with Crippen molar-refractivity contribution in [1.82, 2.24) is 10.2 Å². The molecule has 1 saturated heterocycles. The number of amides is 3. The van der Waals surface area contributed by atoms with Crippen molar-refractivity contribution >= 4 is 23.4 Å². The Morgan fingerprint density at radius 1 is 0.971 bits per heavy atom. The van der Waals surface area contributed by atoms with Crippen molar-refractivity contribution in [1.29, 1.82) is 0 Å². The number of rotatable bonds is 6. The Morgan fingerprint density at radius 2 is 1.69 bits per heavy atom. The quantitative estimate of drug-likeness (QED) is 0.596. The van der Waals surface area contributed by atoms with Crippen LogP contribution in [-0.2, 0) is 17.9 Å². The molecule has 0 aliphatic carbocycles. The zero-order valence-corrected chi connectivity index (χ0v) is 19.6. The summed E-state index contributed by atoms with van der Waals surface area (Å²) in [5.74, 6) is 0.465. The van der Waals surface area contributed by atoms with Gasteiger partial charge in [-0.3, -0.25) is 14.4 Å². The zero-order valence-electron chi connectivity index (χ0n) is 19.6. The van der Waals surface area contributed by atoms with Gasteiger partial charge in [-0.15, -0.1) is 0 Å². The summed E-state index contributed by atoms with van der Waals surface area (Å²) in [6.45, 7) is 1.36. The fraction of sp³-hybridized carbons (Fsp3) is 0.250. The fourth-order valence-corrected chi connectivity index (χ4v) is 4.74. The van der Waals surface area contributed by atoms with Crippen molar-refractivity contribution < 1.29 is 19.1 Å². The maximum Gasteiger partial charge on any atom is 0.256 e. The number of ether oxygens (including phenoxy) is 1. The molecular weight excluding hydrogens is 442 g/mol. The van der Waals surface area contributed by atoms with Gasteiger partial charge in [-0.25, -0.2) is 0 Å². The van der Waals surface area contributed by atoms with Crippen LogP contribution in [0.15, 0.2) is 72.8 Å². The van der Waals surface area contributed by atoms with Gasteiger partial charge >= 0.3 is 0 Å². The molecule has 3 aromatic rings. The minimum atomic E-state index is -0.419. The van der Waals surface area contributed by atoms with Crippen LogP contribution in [0.2, 0.25) is 0 Å². The highest BCUT2D eigenvalue weighted by Crippen LogP contribution is 2.33. The summed E-state index contributed by atoms with van der Waals surface area (Å²) in [5.41, 5.74) is 3.60. The molecule has 7 nitrogen and oxygen atoms in total. The van der Waals surface area contributed by atoms with Crippen LogP contribution in [-0.4, -0.2) is 42.3 Å². The Morgan fingerprint density at radius 3 is 2.43 bits per heavy atom. The summed E-state index contributed by atoms with van der Waals surface area (Å²) in [4.78, 5) is 42.5. The van der Waals surface area contributed by atoms with E-state index in [4.69, 9.17) is 4.74 Å². The van der Waals surface area contributed by atoms with Crippen molar-refractivity contribution in [2.24, 2.45) is 0 Å². The molecule has 178 valence electrons. The molecule has 2 heterocycles. The lowest BCUT2D eigenvalue weighted by atomic mass is 10.1. The lowest BCUT2D eigenvalue weighted by Gasteiger charge is -2.26. The van der Waals surface area contributed by atoms with Gasteiger partial charge in [-0.2, -0.15) is 0 Å². The molecule has 1 atom stereocenters. The van der Waals surface area contributed by atoms with Gasteiger partial charge in [0, 0.05) is 18.7 Å². The molecule has 5 rings (SSSR count). The van der Waals surface area contributed by atoms with Gasteiger partial charge in [-0.05, 0) is 60.4 Å². The standard InChI is InChI=1S/C28H27N3O4/c1-35-22-14-10-19(11-15-22)17-29-26(32)21-12-8-20(9-13-21)18-31-24-6-3-2-5-23(24)27(33)30-16-4-7-25(30)28(31)34/h2-3,5-6,8-15,25H,4,7,16-18H2,1H3,(H,29,32)/t25-/m0/s1. The van der Waals surface area contributed by atoms with E-state index in [1.165, 1.54) is 0 Å². The first kappa shape index (κ1) is 22.7. The van der Waals surface area contributed by atoms with Crippen LogP contribution < -0.4 is 15.0 Å². The zero-order chi connectivity index (χ0) is 24.4. The van der Waals surface area contributed by atoms with Gasteiger partial charge in [-0.1, -0.05) is 36.4 Å². The Balaban J connectivity index is 1.30. The predicted molar refractivity (Wildman–Crippen MR) is 132 cm³/mol. The Kier molecular flexibility index (Phi) is 6.23. The normalized spacial score (nSPS) is 17.0. The van der Waals surface area contributed by atoms with Gasteiger partial charge in [0.2, 0.25) is 5.91 Å². The monoisotopic (exact) mass is 469 g/mol. The number of hydrogen-bond donors (Lipinski definition) is 1. The van der Waals surface area contributed by atoms with Crippen LogP contribution in [0.25, 0.3) is 0 Å². The topological polar surface area (TPSA) is 79.0 Å². The smallest absolute Gasteiger partial charge is 0.256 e. The Hall–Kier alpha value is -4.13. The summed E-state index contributed by atoms with van der Waals surface area (Å²) in [6.07, 6.45) is 1.51. The second-order valence-corrected chi connectivity index (χ2v) is 8.83. The number of para-hydroxylation sites is 1. The van der Waals surface area contributed by atoms with Crippen molar-refractivity contribution in [3.8, 4) is 5.75 Å². The summed E-state index contributed by atoms with van der Waals surface area (Å²) in [7, 11) is 1.62. The van der Waals surface area contributed by atoms with Crippen molar-refractivity contribution in [3.63, 3.8) is 0 Å². The average molecular weight is 470 g/mol. The molecule has 0 spiro atoms. The van der Waals surface area contributed by atoms with Crippen molar-refractivity contribution in [3.05, 3.63) is 95.1 Å². The average Bonchev–Trinajstić information content (AvgIpc) is 3.38. The highest BCUT2D eigenvalue weighted by molar-refractivity contribution is 6.11. The molecule has 1 N–H and O–H groups in total. The van der Waals surface area contributed by atoms with Crippen LogP contribution in [0.4, 0.5) is 5.69 Å². The maximum atomic E-state index is 13.4. The SMILES string of the molecule is COc1ccc(CNC(=O)c2ccc(CN3C(=O)[C@@H]4CCCN4C(=O)c4ccccc43)cc2)cc1. The van der Waals surface area contributed by atoms with Crippen LogP contribution >= 0.6 is 0 Å². The summed E-state index contributed by atoms with van der Waals surface area (Å²) in [6, 6.07) is 21.7. The summed E-state index contributed by atoms with van der Waals surface area (Å²) < 4.78 is 5.16. The molecule has 35 heavy (non-hydrogen) atoms. The van der Waals surface area contributed by atoms with E-state index in [-0.39, 0.29) is 17.7 Å². The van der Waals surface area contributed by atoms with Gasteiger partial charge in [0.15, 0.2) is 0 Å². The van der Waals surface area contributed by atoms with Crippen molar-refractivity contribution in [2.45, 2.75) is 32.0 Å². The van der Waals surface area contributed by atoms with E-state index in [2.05, 4.69) is 5.32 Å². The molecule has 0 radical (unpaired) electrons. The first-order valence-electron chi connectivity index (χ1n) is 11.8. The first-order valence-corrected chi connectivity index (χ1v) is 11.8. The molecule has 0 aromatic heterocycles. The summed E-state index contributed by atoms with van der Waals surface area (Å²) >= 11 is 0. The molecule has 1 fully saturated rings. The lowest BCUT2D eigenvalue weighted by Crippen LogP contribution is -2.44. The van der Waals surface area contributed by atoms with Crippen LogP contribution in [0.3, 0.4) is 0 Å². The third-order valence-corrected chi connectivity index (χ3v) is 6.66. The largest absolute Gasteiger partial charge is 0.497 e. The van der Waals surface area contributed by atoms with Gasteiger partial charge in [0.05, 0.1) is 24.9 Å². The molecule has 3 amide bonds. The van der Waals surface area contributed by atoms with E-state index in [0.717, 1.165) is 23.3 Å². The van der Waals surface area contributed by atoms with E-state index >= 15 is 0 Å². The molecule has 2 aliphatic rings. The van der Waals surface area contributed by atoms with Crippen LogP contribution in [0, 0.1) is 0 Å². The minimum absolute atomic E-state index is 0.0536. The second-order valence-electron chi connectivity index (χ2n) is 8.83. The molecule has 0 bridgehead atoms. The number of nitrogens with zero attached hydrogens (tertiary/aromatic N) is 2. The van der Waals surface area contributed by atoms with E-state index in [9.17, 15) is 14.4 Å². The number of anilines is 1. The fourth-order valence-electron chi connectivity index (χ4n) is 4.74. The third-order valence-electron chi connectivity index (χ3n) is 6.66. The molecule has 0 saturated carbocycles. The second kappa shape index (κ2) is 9.62. The van der Waals surface area contributed by atoms with Crippen LogP contribution in [0.1, 0.15) is 44.7 Å². The number of methoxy groups -OCH3 is 1. The number of fused-ring (bicyclic) bond motifs is 2. The first-order chi connectivity index (χ1) is 17.0. The Labute approximate surface area is 204 Å². The van der Waals surface area contributed by atoms with Gasteiger partial charge in [0.25, 0.3) is 11.8 Å². The van der Waals surface area contributed by atoms with E-state index in [1.807, 2.05) is 54.6 Å². The predicted octanol–water partition coefficient (Wildman–Crippen LogP) is 3.78.